The second-order valence-corrected chi connectivity index (χ2v) is 4.20. The second-order valence-electron chi connectivity index (χ2n) is 4.20. The molecule has 1 N–H and O–H groups in total. The zero-order chi connectivity index (χ0) is 12.7. The van der Waals surface area contributed by atoms with Crippen LogP contribution in [0.2, 0.25) is 0 Å². The molecule has 94 valence electrons. The van der Waals surface area contributed by atoms with E-state index in [0.29, 0.717) is 13.1 Å². The lowest BCUT2D eigenvalue weighted by Gasteiger charge is -2.17. The van der Waals surface area contributed by atoms with Crippen molar-refractivity contribution in [1.29, 1.82) is 0 Å². The third-order valence-electron chi connectivity index (χ3n) is 2.80. The monoisotopic (exact) mass is 234 g/mol. The van der Waals surface area contributed by atoms with E-state index >= 15 is 0 Å². The minimum absolute atomic E-state index is 0.131. The van der Waals surface area contributed by atoms with Gasteiger partial charge in [0.05, 0.1) is 6.54 Å². The Morgan fingerprint density at radius 2 is 1.76 bits per heavy atom. The summed E-state index contributed by atoms with van der Waals surface area (Å²) in [4.78, 5) is 13.4. The average Bonchev–Trinajstić information content (AvgIpc) is 2.36. The predicted octanol–water partition coefficient (Wildman–Crippen LogP) is 1.82. The molecule has 0 fully saturated rings. The van der Waals surface area contributed by atoms with Gasteiger partial charge in [0, 0.05) is 13.6 Å². The fourth-order valence-corrected chi connectivity index (χ4v) is 1.61. The third-order valence-corrected chi connectivity index (χ3v) is 2.80. The molecule has 3 nitrogen and oxygen atoms in total. The van der Waals surface area contributed by atoms with Crippen molar-refractivity contribution in [3.63, 3.8) is 0 Å². The molecular weight excluding hydrogens is 212 g/mol. The maximum absolute atomic E-state index is 11.7. The fraction of sp³-hybridized carbons (Fsp3) is 0.500. The normalized spacial score (nSPS) is 10.3. The Bertz CT molecular complexity index is 346. The molecule has 0 bridgehead atoms. The van der Waals surface area contributed by atoms with E-state index in [1.54, 1.807) is 4.90 Å². The van der Waals surface area contributed by atoms with Gasteiger partial charge in [-0.3, -0.25) is 4.79 Å². The van der Waals surface area contributed by atoms with Gasteiger partial charge in [-0.2, -0.15) is 0 Å². The Labute approximate surface area is 104 Å². The lowest BCUT2D eigenvalue weighted by atomic mass is 10.1. The molecule has 0 aliphatic carbocycles. The second kappa shape index (κ2) is 7.07. The molecule has 1 amide bonds. The van der Waals surface area contributed by atoms with Crippen molar-refractivity contribution in [2.24, 2.45) is 0 Å². The van der Waals surface area contributed by atoms with E-state index < -0.39 is 0 Å². The number of hydrogen-bond donors (Lipinski definition) is 1. The number of hydrogen-bond acceptors (Lipinski definition) is 2. The van der Waals surface area contributed by atoms with Gasteiger partial charge in [-0.05, 0) is 24.1 Å². The van der Waals surface area contributed by atoms with Gasteiger partial charge < -0.3 is 10.2 Å². The van der Waals surface area contributed by atoms with E-state index in [9.17, 15) is 4.79 Å². The van der Waals surface area contributed by atoms with Crippen LogP contribution >= 0.6 is 0 Å². The van der Waals surface area contributed by atoms with Crippen LogP contribution in [0.15, 0.2) is 24.3 Å². The summed E-state index contributed by atoms with van der Waals surface area (Å²) >= 11 is 0. The number of likely N-dealkylation sites (N-methyl/N-ethyl adjacent to an activating group) is 2. The highest BCUT2D eigenvalue weighted by molar-refractivity contribution is 5.77. The maximum Gasteiger partial charge on any atom is 0.236 e. The van der Waals surface area contributed by atoms with Crippen LogP contribution in [-0.2, 0) is 17.8 Å². The minimum atomic E-state index is 0.131. The molecule has 0 saturated carbocycles. The molecule has 0 aliphatic heterocycles. The lowest BCUT2D eigenvalue weighted by Crippen LogP contribution is -2.35. The lowest BCUT2D eigenvalue weighted by molar-refractivity contribution is -0.129. The summed E-state index contributed by atoms with van der Waals surface area (Å²) in [6.45, 7) is 6.05. The van der Waals surface area contributed by atoms with Crippen molar-refractivity contribution >= 4 is 5.91 Å². The van der Waals surface area contributed by atoms with Crippen LogP contribution in [0.3, 0.4) is 0 Å². The van der Waals surface area contributed by atoms with Crippen molar-refractivity contribution in [2.75, 3.05) is 20.1 Å². The van der Waals surface area contributed by atoms with E-state index in [0.717, 1.165) is 13.0 Å². The summed E-state index contributed by atoms with van der Waals surface area (Å²) in [5, 5.41) is 3.04. The van der Waals surface area contributed by atoms with Gasteiger partial charge in [0.1, 0.15) is 0 Å². The topological polar surface area (TPSA) is 32.3 Å². The molecule has 0 saturated heterocycles. The molecule has 1 rings (SSSR count). The van der Waals surface area contributed by atoms with Gasteiger partial charge in [0.15, 0.2) is 0 Å². The van der Waals surface area contributed by atoms with Crippen LogP contribution in [0, 0.1) is 0 Å². The third kappa shape index (κ3) is 4.57. The molecule has 1 aromatic carbocycles. The quantitative estimate of drug-likeness (QED) is 0.814. The van der Waals surface area contributed by atoms with Crippen molar-refractivity contribution in [3.05, 3.63) is 35.4 Å². The van der Waals surface area contributed by atoms with E-state index in [4.69, 9.17) is 0 Å². The number of rotatable bonds is 6. The molecule has 0 atom stereocenters. The van der Waals surface area contributed by atoms with Gasteiger partial charge in [0.2, 0.25) is 5.91 Å². The van der Waals surface area contributed by atoms with Crippen LogP contribution in [0.25, 0.3) is 0 Å². The summed E-state index contributed by atoms with van der Waals surface area (Å²) in [6, 6.07) is 8.43. The summed E-state index contributed by atoms with van der Waals surface area (Å²) in [6.07, 6.45) is 1.05. The molecule has 0 aliphatic rings. The largest absolute Gasteiger partial charge is 0.340 e. The van der Waals surface area contributed by atoms with Gasteiger partial charge in [-0.15, -0.1) is 0 Å². The zero-order valence-electron chi connectivity index (χ0n) is 11.0. The molecule has 0 heterocycles. The van der Waals surface area contributed by atoms with Crippen molar-refractivity contribution in [3.8, 4) is 0 Å². The summed E-state index contributed by atoms with van der Waals surface area (Å²) in [5.74, 6) is 0.131. The van der Waals surface area contributed by atoms with Gasteiger partial charge in [0.25, 0.3) is 0 Å². The van der Waals surface area contributed by atoms with Gasteiger partial charge >= 0.3 is 0 Å². The highest BCUT2D eigenvalue weighted by atomic mass is 16.2. The summed E-state index contributed by atoms with van der Waals surface area (Å²) in [7, 11) is 1.84. The van der Waals surface area contributed by atoms with Gasteiger partial charge in [-0.1, -0.05) is 38.1 Å². The van der Waals surface area contributed by atoms with E-state index in [1.165, 1.54) is 11.1 Å². The highest BCUT2D eigenvalue weighted by Gasteiger charge is 2.07. The Morgan fingerprint density at radius 1 is 1.18 bits per heavy atom. The molecule has 0 radical (unpaired) electrons. The summed E-state index contributed by atoms with van der Waals surface area (Å²) < 4.78 is 0. The maximum atomic E-state index is 11.7. The molecule has 0 unspecified atom stereocenters. The van der Waals surface area contributed by atoms with Gasteiger partial charge in [-0.25, -0.2) is 0 Å². The smallest absolute Gasteiger partial charge is 0.236 e. The van der Waals surface area contributed by atoms with Crippen LogP contribution in [0.1, 0.15) is 25.0 Å². The number of nitrogens with zero attached hydrogens (tertiary/aromatic N) is 1. The number of aryl methyl sites for hydroxylation is 1. The zero-order valence-corrected chi connectivity index (χ0v) is 11.0. The van der Waals surface area contributed by atoms with Crippen molar-refractivity contribution < 1.29 is 4.79 Å². The van der Waals surface area contributed by atoms with Crippen molar-refractivity contribution in [1.82, 2.24) is 10.2 Å². The standard InChI is InChI=1S/C14H22N2O/c1-4-12-6-8-13(9-7-12)11-16(3)14(17)10-15-5-2/h6-9,15H,4-5,10-11H2,1-3H3. The Balaban J connectivity index is 2.49. The Morgan fingerprint density at radius 3 is 2.29 bits per heavy atom. The van der Waals surface area contributed by atoms with E-state index in [-0.39, 0.29) is 5.91 Å². The number of amides is 1. The first kappa shape index (κ1) is 13.7. The minimum Gasteiger partial charge on any atom is -0.340 e. The van der Waals surface area contributed by atoms with E-state index in [2.05, 4.69) is 36.5 Å². The van der Waals surface area contributed by atoms with Crippen LogP contribution in [0.4, 0.5) is 0 Å². The van der Waals surface area contributed by atoms with Crippen LogP contribution < -0.4 is 5.32 Å². The molecular formula is C14H22N2O. The summed E-state index contributed by atoms with van der Waals surface area (Å²) in [5.41, 5.74) is 2.50. The first-order valence-electron chi connectivity index (χ1n) is 6.19. The van der Waals surface area contributed by atoms with Crippen LogP contribution in [0.5, 0.6) is 0 Å². The predicted molar refractivity (Wildman–Crippen MR) is 70.8 cm³/mol. The number of benzene rings is 1. The average molecular weight is 234 g/mol. The van der Waals surface area contributed by atoms with E-state index in [1.807, 2.05) is 14.0 Å². The Hall–Kier alpha value is -1.35. The van der Waals surface area contributed by atoms with Crippen LogP contribution in [-0.4, -0.2) is 30.9 Å². The number of carbonyl (C=O) groups is 1. The number of nitrogens with one attached hydrogen (secondary N) is 1. The highest BCUT2D eigenvalue weighted by Crippen LogP contribution is 2.07. The molecule has 0 aromatic heterocycles. The molecule has 0 spiro atoms. The fourth-order valence-electron chi connectivity index (χ4n) is 1.61. The first-order valence-corrected chi connectivity index (χ1v) is 6.19. The first-order chi connectivity index (χ1) is 8.17. The number of carbonyl (C=O) groups excluding carboxylic acids is 1. The Kier molecular flexibility index (Phi) is 5.70. The van der Waals surface area contributed by atoms with Crippen molar-refractivity contribution in [2.45, 2.75) is 26.8 Å². The molecule has 17 heavy (non-hydrogen) atoms. The molecule has 3 heteroatoms. The SMILES string of the molecule is CCNCC(=O)N(C)Cc1ccc(CC)cc1. The molecule has 1 aromatic rings.